The molecule has 0 atom stereocenters. The van der Waals surface area contributed by atoms with E-state index in [-0.39, 0.29) is 0 Å². The Balaban J connectivity index is -0.000000238. The molecule has 0 aromatic heterocycles. The summed E-state index contributed by atoms with van der Waals surface area (Å²) in [6, 6.07) is 0. The lowest BCUT2D eigenvalue weighted by molar-refractivity contribution is 1.50. The zero-order valence-corrected chi connectivity index (χ0v) is 15.1. The smallest absolute Gasteiger partial charge is 0.0262 e. The first-order valence-electron chi connectivity index (χ1n) is 7.39. The van der Waals surface area contributed by atoms with Crippen LogP contribution < -0.4 is 0 Å². The summed E-state index contributed by atoms with van der Waals surface area (Å²) in [5, 5.41) is 0. The van der Waals surface area contributed by atoms with Gasteiger partial charge in [-0.15, -0.1) is 13.2 Å². The third-order valence-electron chi connectivity index (χ3n) is 1.99. The van der Waals surface area contributed by atoms with E-state index in [0.717, 1.165) is 22.3 Å². The number of rotatable bonds is 7. The molecule has 0 bridgehead atoms. The van der Waals surface area contributed by atoms with E-state index in [1.807, 2.05) is 52.0 Å². The van der Waals surface area contributed by atoms with Crippen LogP contribution in [0.5, 0.6) is 0 Å². The Hall–Kier alpha value is -2.34. The predicted octanol–water partition coefficient (Wildman–Crippen LogP) is 7.55. The average molecular weight is 299 g/mol. The van der Waals surface area contributed by atoms with E-state index in [2.05, 4.69) is 52.6 Å². The van der Waals surface area contributed by atoms with Gasteiger partial charge in [-0.25, -0.2) is 0 Å². The van der Waals surface area contributed by atoms with Crippen LogP contribution in [0.15, 0.2) is 111 Å². The minimum absolute atomic E-state index is 0.802. The third-order valence-corrected chi connectivity index (χ3v) is 1.99. The minimum atomic E-state index is 0.802. The summed E-state index contributed by atoms with van der Waals surface area (Å²) in [4.78, 5) is 0. The number of allylic oxidation sites excluding steroid dienone is 10. The molecule has 0 radical (unpaired) electrons. The minimum Gasteiger partial charge on any atom is -0.106 e. The lowest BCUT2D eigenvalue weighted by Crippen LogP contribution is -1.81. The van der Waals surface area contributed by atoms with Gasteiger partial charge in [0.15, 0.2) is 0 Å². The average Bonchev–Trinajstić information content (AvgIpc) is 2.61. The van der Waals surface area contributed by atoms with Gasteiger partial charge in [0.05, 0.1) is 0 Å². The normalized spacial score (nSPS) is 8.18. The molecular formula is C22H34. The van der Waals surface area contributed by atoms with E-state index < -0.39 is 0 Å². The van der Waals surface area contributed by atoms with Gasteiger partial charge in [-0.1, -0.05) is 104 Å². The van der Waals surface area contributed by atoms with Crippen molar-refractivity contribution in [1.82, 2.24) is 0 Å². The van der Waals surface area contributed by atoms with Gasteiger partial charge in [-0.2, -0.15) is 0 Å². The second-order valence-corrected chi connectivity index (χ2v) is 3.23. The summed E-state index contributed by atoms with van der Waals surface area (Å²) in [7, 11) is 0. The quantitative estimate of drug-likeness (QED) is 0.336. The zero-order valence-electron chi connectivity index (χ0n) is 15.1. The van der Waals surface area contributed by atoms with Gasteiger partial charge in [0, 0.05) is 0 Å². The maximum Gasteiger partial charge on any atom is -0.0262 e. The van der Waals surface area contributed by atoms with E-state index in [9.17, 15) is 0 Å². The summed E-state index contributed by atoms with van der Waals surface area (Å²) in [6.45, 7) is 36.6. The Bertz CT molecular complexity index is 411. The molecule has 0 aromatic rings. The molecule has 0 spiro atoms. The summed E-state index contributed by atoms with van der Waals surface area (Å²) < 4.78 is 0. The standard InChI is InChI=1S/C16H18.2C2H6.C2H4/c1-7-9-10-14(4)16(6)12-11-15(5)13(3)8-2;3*1-2/h7-12H,1-6H2;2*1-2H3;1-2H2/b10-9-,12-11-;;;. The fourth-order valence-electron chi connectivity index (χ4n) is 0.838. The van der Waals surface area contributed by atoms with Crippen LogP contribution >= 0.6 is 0 Å². The molecule has 0 aliphatic heterocycles. The van der Waals surface area contributed by atoms with Gasteiger partial charge >= 0.3 is 0 Å². The lowest BCUT2D eigenvalue weighted by Gasteiger charge is -2.00. The molecule has 0 aliphatic rings. The topological polar surface area (TPSA) is 0 Å². The predicted molar refractivity (Wildman–Crippen MR) is 109 cm³/mol. The molecule has 0 heteroatoms. The second-order valence-electron chi connectivity index (χ2n) is 3.23. The van der Waals surface area contributed by atoms with Gasteiger partial charge < -0.3 is 0 Å². The van der Waals surface area contributed by atoms with Crippen LogP contribution in [0.25, 0.3) is 0 Å². The fourth-order valence-corrected chi connectivity index (χ4v) is 0.838. The maximum atomic E-state index is 3.90. The van der Waals surface area contributed by atoms with Crippen LogP contribution in [0.4, 0.5) is 0 Å². The molecule has 0 fully saturated rings. The van der Waals surface area contributed by atoms with Crippen molar-refractivity contribution >= 4 is 0 Å². The van der Waals surface area contributed by atoms with E-state index in [1.54, 1.807) is 12.2 Å². The molecule has 0 N–H and O–H groups in total. The second kappa shape index (κ2) is 23.7. The van der Waals surface area contributed by atoms with Crippen molar-refractivity contribution < 1.29 is 0 Å². The van der Waals surface area contributed by atoms with Crippen LogP contribution in [0.3, 0.4) is 0 Å². The Labute approximate surface area is 139 Å². The van der Waals surface area contributed by atoms with Crippen molar-refractivity contribution in [2.75, 3.05) is 0 Å². The van der Waals surface area contributed by atoms with Gasteiger partial charge in [0.25, 0.3) is 0 Å². The Morgan fingerprint density at radius 3 is 1.23 bits per heavy atom. The lowest BCUT2D eigenvalue weighted by atomic mass is 10.1. The van der Waals surface area contributed by atoms with Crippen molar-refractivity contribution in [2.45, 2.75) is 27.7 Å². The summed E-state index contributed by atoms with van der Waals surface area (Å²) in [6.07, 6.45) is 10.7. The van der Waals surface area contributed by atoms with Crippen molar-refractivity contribution in [3.63, 3.8) is 0 Å². The molecule has 122 valence electrons. The molecule has 0 aromatic carbocycles. The highest BCUT2D eigenvalue weighted by molar-refractivity contribution is 5.48. The molecular weight excluding hydrogens is 264 g/mol. The first-order chi connectivity index (χ1) is 10.5. The molecule has 0 saturated heterocycles. The van der Waals surface area contributed by atoms with Gasteiger partial charge in [0.2, 0.25) is 0 Å². The van der Waals surface area contributed by atoms with Crippen LogP contribution in [-0.2, 0) is 0 Å². The van der Waals surface area contributed by atoms with Crippen molar-refractivity contribution in [2.24, 2.45) is 0 Å². The van der Waals surface area contributed by atoms with Crippen LogP contribution in [0.1, 0.15) is 27.7 Å². The number of hydrogen-bond acceptors (Lipinski definition) is 0. The molecule has 0 nitrogen and oxygen atoms in total. The van der Waals surface area contributed by atoms with Gasteiger partial charge in [-0.05, 0) is 22.3 Å². The van der Waals surface area contributed by atoms with E-state index in [1.165, 1.54) is 0 Å². The Kier molecular flexibility index (Phi) is 30.1. The van der Waals surface area contributed by atoms with Gasteiger partial charge in [-0.3, -0.25) is 0 Å². The molecule has 0 heterocycles. The zero-order chi connectivity index (χ0) is 18.6. The number of hydrogen-bond donors (Lipinski definition) is 0. The van der Waals surface area contributed by atoms with E-state index in [0.29, 0.717) is 0 Å². The highest BCUT2D eigenvalue weighted by Crippen LogP contribution is 2.13. The van der Waals surface area contributed by atoms with Gasteiger partial charge in [0.1, 0.15) is 0 Å². The summed E-state index contributed by atoms with van der Waals surface area (Å²) in [5.41, 5.74) is 3.29. The first-order valence-corrected chi connectivity index (χ1v) is 7.39. The molecule has 0 amide bonds. The van der Waals surface area contributed by atoms with Crippen molar-refractivity contribution in [3.05, 3.63) is 111 Å². The van der Waals surface area contributed by atoms with Crippen molar-refractivity contribution in [3.8, 4) is 0 Å². The van der Waals surface area contributed by atoms with E-state index in [4.69, 9.17) is 0 Å². The highest BCUT2D eigenvalue weighted by atomic mass is 14.0. The summed E-state index contributed by atoms with van der Waals surface area (Å²) >= 11 is 0. The molecule has 0 aliphatic carbocycles. The molecule has 0 rings (SSSR count). The Morgan fingerprint density at radius 1 is 0.591 bits per heavy atom. The SMILES string of the molecule is C=C.C=C/C=C\C(=C)C(=C)/C=C\C(=C)C(=C)C=C.CC.CC. The van der Waals surface area contributed by atoms with Crippen LogP contribution in [0.2, 0.25) is 0 Å². The molecule has 22 heavy (non-hydrogen) atoms. The third kappa shape index (κ3) is 17.7. The summed E-state index contributed by atoms with van der Waals surface area (Å²) in [5.74, 6) is 0. The molecule has 0 unspecified atom stereocenters. The van der Waals surface area contributed by atoms with Crippen LogP contribution in [-0.4, -0.2) is 0 Å². The fraction of sp³-hybridized carbons (Fsp3) is 0.182. The Morgan fingerprint density at radius 2 is 0.909 bits per heavy atom. The van der Waals surface area contributed by atoms with E-state index >= 15 is 0 Å². The van der Waals surface area contributed by atoms with Crippen LogP contribution in [0, 0.1) is 0 Å². The molecule has 0 saturated carbocycles. The highest BCUT2D eigenvalue weighted by Gasteiger charge is 1.93. The van der Waals surface area contributed by atoms with Crippen molar-refractivity contribution in [1.29, 1.82) is 0 Å². The maximum absolute atomic E-state index is 3.90. The largest absolute Gasteiger partial charge is 0.106 e. The first kappa shape index (κ1) is 27.9. The monoisotopic (exact) mass is 298 g/mol.